The molecule has 0 aliphatic carbocycles. The van der Waals surface area contributed by atoms with Crippen molar-refractivity contribution in [1.29, 1.82) is 0 Å². The summed E-state index contributed by atoms with van der Waals surface area (Å²) in [6.07, 6.45) is 0.774. The number of rotatable bonds is 1. The van der Waals surface area contributed by atoms with Crippen LogP contribution in [-0.4, -0.2) is 27.1 Å². The largest absolute Gasteiger partial charge is 0.772 e. The summed E-state index contributed by atoms with van der Waals surface area (Å²) in [5, 5.41) is 2.83. The standard InChI is InChI=1S/C4H9NO2S/c6-8(7)4-1-2-5-3-4/h4-5H,1-3H2,(H,6,7)/p-1. The fraction of sp³-hybridized carbons (Fsp3) is 1.00. The van der Waals surface area contributed by atoms with Gasteiger partial charge in [0.15, 0.2) is 0 Å². The Kier molecular flexibility index (Phi) is 1.99. The van der Waals surface area contributed by atoms with E-state index in [-0.39, 0.29) is 5.25 Å². The van der Waals surface area contributed by atoms with E-state index in [4.69, 9.17) is 0 Å². The van der Waals surface area contributed by atoms with Gasteiger partial charge in [0, 0.05) is 11.8 Å². The molecule has 1 aliphatic heterocycles. The first-order valence-corrected chi connectivity index (χ1v) is 3.73. The molecule has 0 saturated carbocycles. The Balaban J connectivity index is 2.35. The van der Waals surface area contributed by atoms with Crippen LogP contribution >= 0.6 is 0 Å². The van der Waals surface area contributed by atoms with Crippen LogP contribution in [0.1, 0.15) is 6.42 Å². The number of hydrogen-bond acceptors (Lipinski definition) is 3. The molecule has 0 spiro atoms. The number of nitrogens with one attached hydrogen (secondary N) is 1. The van der Waals surface area contributed by atoms with Gasteiger partial charge in [-0.2, -0.15) is 0 Å². The molecule has 1 fully saturated rings. The van der Waals surface area contributed by atoms with Crippen LogP contribution in [0.3, 0.4) is 0 Å². The predicted octanol–water partition coefficient (Wildman–Crippen LogP) is -0.773. The molecule has 0 radical (unpaired) electrons. The zero-order valence-electron chi connectivity index (χ0n) is 4.42. The molecule has 2 unspecified atom stereocenters. The molecule has 1 saturated heterocycles. The lowest BCUT2D eigenvalue weighted by Crippen LogP contribution is -2.17. The summed E-state index contributed by atoms with van der Waals surface area (Å²) < 4.78 is 20.3. The lowest BCUT2D eigenvalue weighted by Gasteiger charge is -2.10. The zero-order chi connectivity index (χ0) is 5.98. The van der Waals surface area contributed by atoms with Crippen molar-refractivity contribution in [3.63, 3.8) is 0 Å². The molecule has 0 aromatic rings. The van der Waals surface area contributed by atoms with Gasteiger partial charge in [0.05, 0.1) is 0 Å². The highest BCUT2D eigenvalue weighted by molar-refractivity contribution is 7.79. The molecule has 0 amide bonds. The summed E-state index contributed by atoms with van der Waals surface area (Å²) in [5.74, 6) is 0. The van der Waals surface area contributed by atoms with E-state index in [1.54, 1.807) is 0 Å². The Morgan fingerprint density at radius 1 is 1.75 bits per heavy atom. The SMILES string of the molecule is O=S([O-])C1CCNC1. The quantitative estimate of drug-likeness (QED) is 0.479. The van der Waals surface area contributed by atoms with Gasteiger partial charge in [-0.3, -0.25) is 4.21 Å². The minimum Gasteiger partial charge on any atom is -0.772 e. The van der Waals surface area contributed by atoms with E-state index in [0.29, 0.717) is 6.54 Å². The third-order valence-corrected chi connectivity index (χ3v) is 2.23. The smallest absolute Gasteiger partial charge is 0.0352 e. The fourth-order valence-electron chi connectivity index (χ4n) is 0.792. The predicted molar refractivity (Wildman–Crippen MR) is 30.2 cm³/mol. The van der Waals surface area contributed by atoms with Crippen molar-refractivity contribution in [1.82, 2.24) is 5.32 Å². The van der Waals surface area contributed by atoms with Crippen LogP contribution in [0.5, 0.6) is 0 Å². The van der Waals surface area contributed by atoms with E-state index in [1.165, 1.54) is 0 Å². The Morgan fingerprint density at radius 2 is 2.50 bits per heavy atom. The Hall–Kier alpha value is 0.0700. The second-order valence-electron chi connectivity index (χ2n) is 1.88. The molecule has 1 aliphatic rings. The summed E-state index contributed by atoms with van der Waals surface area (Å²) in [7, 11) is 0. The molecular weight excluding hydrogens is 126 g/mol. The number of hydrogen-bond donors (Lipinski definition) is 1. The van der Waals surface area contributed by atoms with E-state index in [2.05, 4.69) is 5.32 Å². The van der Waals surface area contributed by atoms with Crippen molar-refractivity contribution in [2.45, 2.75) is 11.7 Å². The van der Waals surface area contributed by atoms with Gasteiger partial charge in [0.2, 0.25) is 0 Å². The highest BCUT2D eigenvalue weighted by Gasteiger charge is 2.13. The molecule has 4 heteroatoms. The minimum atomic E-state index is -1.85. The first kappa shape index (κ1) is 6.19. The van der Waals surface area contributed by atoms with Crippen LogP contribution < -0.4 is 5.32 Å². The van der Waals surface area contributed by atoms with Crippen LogP contribution in [0.4, 0.5) is 0 Å². The van der Waals surface area contributed by atoms with Gasteiger partial charge in [-0.25, -0.2) is 0 Å². The second kappa shape index (κ2) is 2.57. The van der Waals surface area contributed by atoms with E-state index in [1.807, 2.05) is 0 Å². The van der Waals surface area contributed by atoms with Gasteiger partial charge >= 0.3 is 0 Å². The highest BCUT2D eigenvalue weighted by atomic mass is 32.2. The second-order valence-corrected chi connectivity index (χ2v) is 3.06. The Bertz CT molecular complexity index is 100. The maximum Gasteiger partial charge on any atom is 0.0352 e. The monoisotopic (exact) mass is 134 g/mol. The summed E-state index contributed by atoms with van der Waals surface area (Å²) in [5.41, 5.74) is 0. The zero-order valence-corrected chi connectivity index (χ0v) is 5.24. The van der Waals surface area contributed by atoms with E-state index < -0.39 is 11.1 Å². The molecule has 1 N–H and O–H groups in total. The molecule has 0 aromatic carbocycles. The van der Waals surface area contributed by atoms with Gasteiger partial charge in [-0.1, -0.05) is 11.1 Å². The van der Waals surface area contributed by atoms with Gasteiger partial charge < -0.3 is 9.87 Å². The van der Waals surface area contributed by atoms with Gasteiger partial charge in [-0.05, 0) is 13.0 Å². The molecule has 1 heterocycles. The molecule has 3 nitrogen and oxygen atoms in total. The van der Waals surface area contributed by atoms with Crippen LogP contribution in [-0.2, 0) is 11.1 Å². The van der Waals surface area contributed by atoms with Crippen LogP contribution in [0, 0.1) is 0 Å². The normalized spacial score (nSPS) is 32.9. The maximum atomic E-state index is 10.2. The fourth-order valence-corrected chi connectivity index (χ4v) is 1.36. The summed E-state index contributed by atoms with van der Waals surface area (Å²) in [6, 6.07) is 0. The molecule has 48 valence electrons. The van der Waals surface area contributed by atoms with E-state index >= 15 is 0 Å². The van der Waals surface area contributed by atoms with E-state index in [9.17, 15) is 8.76 Å². The first-order chi connectivity index (χ1) is 3.80. The van der Waals surface area contributed by atoms with Crippen molar-refractivity contribution in [3.05, 3.63) is 0 Å². The third kappa shape index (κ3) is 1.27. The van der Waals surface area contributed by atoms with E-state index in [0.717, 1.165) is 13.0 Å². The van der Waals surface area contributed by atoms with Crippen molar-refractivity contribution in [3.8, 4) is 0 Å². The summed E-state index contributed by atoms with van der Waals surface area (Å²) in [4.78, 5) is 0. The molecule has 1 rings (SSSR count). The average molecular weight is 134 g/mol. The van der Waals surface area contributed by atoms with Gasteiger partial charge in [-0.15, -0.1) is 0 Å². The summed E-state index contributed by atoms with van der Waals surface area (Å²) in [6.45, 7) is 1.48. The maximum absolute atomic E-state index is 10.2. The molecular formula is C4H8NO2S-. The first-order valence-electron chi connectivity index (χ1n) is 2.59. The van der Waals surface area contributed by atoms with Crippen molar-refractivity contribution in [2.75, 3.05) is 13.1 Å². The van der Waals surface area contributed by atoms with Crippen molar-refractivity contribution < 1.29 is 8.76 Å². The minimum absolute atomic E-state index is 0.130. The molecule has 8 heavy (non-hydrogen) atoms. The van der Waals surface area contributed by atoms with Crippen molar-refractivity contribution in [2.24, 2.45) is 0 Å². The molecule has 2 atom stereocenters. The molecule has 0 aromatic heterocycles. The topological polar surface area (TPSA) is 52.2 Å². The van der Waals surface area contributed by atoms with Crippen LogP contribution in [0.15, 0.2) is 0 Å². The van der Waals surface area contributed by atoms with Crippen LogP contribution in [0.25, 0.3) is 0 Å². The lowest BCUT2D eigenvalue weighted by atomic mass is 10.4. The third-order valence-electron chi connectivity index (χ3n) is 1.29. The van der Waals surface area contributed by atoms with Crippen LogP contribution in [0.2, 0.25) is 0 Å². The molecule has 0 bridgehead atoms. The Morgan fingerprint density at radius 3 is 2.75 bits per heavy atom. The lowest BCUT2D eigenvalue weighted by molar-refractivity contribution is 0.524. The highest BCUT2D eigenvalue weighted by Crippen LogP contribution is 2.02. The average Bonchev–Trinajstić information content (AvgIpc) is 2.12. The van der Waals surface area contributed by atoms with Gasteiger partial charge in [0.25, 0.3) is 0 Å². The van der Waals surface area contributed by atoms with Gasteiger partial charge in [0.1, 0.15) is 0 Å². The van der Waals surface area contributed by atoms with Crippen molar-refractivity contribution >= 4 is 11.1 Å². The summed E-state index contributed by atoms with van der Waals surface area (Å²) >= 11 is -1.85. The Labute approximate surface area is 50.8 Å².